The zero-order chi connectivity index (χ0) is 13.9. The Morgan fingerprint density at radius 2 is 2.05 bits per heavy atom. The van der Waals surface area contributed by atoms with E-state index in [0.717, 1.165) is 35.7 Å². The number of anilines is 1. The molecular weight excluding hydrogens is 270 g/mol. The summed E-state index contributed by atoms with van der Waals surface area (Å²) < 4.78 is 6.13. The van der Waals surface area contributed by atoms with Crippen LogP contribution in [0.15, 0.2) is 42.5 Å². The third-order valence-electron chi connectivity index (χ3n) is 3.72. The van der Waals surface area contributed by atoms with E-state index in [1.165, 1.54) is 11.3 Å². The molecule has 1 heterocycles. The van der Waals surface area contributed by atoms with Gasteiger partial charge < -0.3 is 10.1 Å². The normalized spacial score (nSPS) is 17.8. The summed E-state index contributed by atoms with van der Waals surface area (Å²) in [6, 6.07) is 14.2. The number of ether oxygens (including phenoxy) is 1. The summed E-state index contributed by atoms with van der Waals surface area (Å²) in [6.07, 6.45) is 2.21. The number of aryl methyl sites for hydroxylation is 2. The number of rotatable bonds is 2. The Morgan fingerprint density at radius 3 is 2.95 bits per heavy atom. The number of fused-ring (bicyclic) bond motifs is 1. The van der Waals surface area contributed by atoms with Crippen LogP contribution in [0.1, 0.15) is 17.5 Å². The predicted octanol–water partition coefficient (Wildman–Crippen LogP) is 4.45. The summed E-state index contributed by atoms with van der Waals surface area (Å²) in [5, 5.41) is 4.19. The minimum atomic E-state index is 0.166. The van der Waals surface area contributed by atoms with E-state index in [-0.39, 0.29) is 6.10 Å². The third kappa shape index (κ3) is 2.91. The highest BCUT2D eigenvalue weighted by Gasteiger charge is 2.17. The molecule has 2 nitrogen and oxygen atoms in total. The minimum absolute atomic E-state index is 0.166. The highest BCUT2D eigenvalue weighted by atomic mass is 35.5. The molecule has 0 amide bonds. The molecule has 20 heavy (non-hydrogen) atoms. The van der Waals surface area contributed by atoms with E-state index in [1.54, 1.807) is 0 Å². The number of benzene rings is 2. The maximum absolute atomic E-state index is 6.13. The van der Waals surface area contributed by atoms with Crippen LogP contribution in [0.2, 0.25) is 5.02 Å². The number of hydrogen-bond donors (Lipinski definition) is 1. The Kier molecular flexibility index (Phi) is 3.83. The van der Waals surface area contributed by atoms with Gasteiger partial charge in [-0.1, -0.05) is 35.9 Å². The van der Waals surface area contributed by atoms with Gasteiger partial charge in [0.1, 0.15) is 11.9 Å². The van der Waals surface area contributed by atoms with Crippen molar-refractivity contribution >= 4 is 17.3 Å². The Hall–Kier alpha value is -1.67. The first-order chi connectivity index (χ1) is 9.72. The summed E-state index contributed by atoms with van der Waals surface area (Å²) in [7, 11) is 0. The molecule has 3 heteroatoms. The second-order valence-electron chi connectivity index (χ2n) is 5.23. The molecule has 1 N–H and O–H groups in total. The average Bonchev–Trinajstić information content (AvgIpc) is 2.66. The Balaban J connectivity index is 1.73. The van der Waals surface area contributed by atoms with Crippen molar-refractivity contribution in [2.24, 2.45) is 0 Å². The van der Waals surface area contributed by atoms with E-state index in [4.69, 9.17) is 16.3 Å². The first-order valence-electron chi connectivity index (χ1n) is 6.97. The number of hydrogen-bond acceptors (Lipinski definition) is 2. The summed E-state index contributed by atoms with van der Waals surface area (Å²) in [4.78, 5) is 0. The van der Waals surface area contributed by atoms with Gasteiger partial charge >= 0.3 is 0 Å². The van der Waals surface area contributed by atoms with Crippen molar-refractivity contribution < 1.29 is 4.74 Å². The van der Waals surface area contributed by atoms with Gasteiger partial charge in [-0.25, -0.2) is 0 Å². The number of halogens is 1. The first kappa shape index (κ1) is 13.3. The van der Waals surface area contributed by atoms with E-state index >= 15 is 0 Å². The van der Waals surface area contributed by atoms with Crippen molar-refractivity contribution in [3.05, 3.63) is 58.6 Å². The van der Waals surface area contributed by atoms with Crippen LogP contribution in [0, 0.1) is 6.92 Å². The highest BCUT2D eigenvalue weighted by Crippen LogP contribution is 2.27. The lowest BCUT2D eigenvalue weighted by Crippen LogP contribution is -2.25. The van der Waals surface area contributed by atoms with Crippen molar-refractivity contribution in [2.45, 2.75) is 25.9 Å². The molecule has 0 fully saturated rings. The van der Waals surface area contributed by atoms with E-state index in [9.17, 15) is 0 Å². The van der Waals surface area contributed by atoms with Crippen LogP contribution >= 0.6 is 11.6 Å². The van der Waals surface area contributed by atoms with E-state index in [0.29, 0.717) is 0 Å². The van der Waals surface area contributed by atoms with Crippen LogP contribution in [0.5, 0.6) is 5.75 Å². The summed E-state index contributed by atoms with van der Waals surface area (Å²) in [6.45, 7) is 2.87. The number of para-hydroxylation sites is 1. The molecule has 0 bridgehead atoms. The topological polar surface area (TPSA) is 21.3 Å². The molecule has 0 saturated carbocycles. The first-order valence-corrected chi connectivity index (χ1v) is 7.35. The predicted molar refractivity (Wildman–Crippen MR) is 83.9 cm³/mol. The second kappa shape index (κ2) is 5.76. The quantitative estimate of drug-likeness (QED) is 0.881. The molecule has 1 atom stereocenters. The minimum Gasteiger partial charge on any atom is -0.488 e. The fourth-order valence-electron chi connectivity index (χ4n) is 2.53. The third-order valence-corrected chi connectivity index (χ3v) is 3.95. The van der Waals surface area contributed by atoms with Crippen LogP contribution in [0.3, 0.4) is 0 Å². The van der Waals surface area contributed by atoms with E-state index in [1.807, 2.05) is 25.1 Å². The molecule has 1 aliphatic heterocycles. The number of nitrogens with one attached hydrogen (secondary N) is 1. The second-order valence-corrected chi connectivity index (χ2v) is 5.66. The van der Waals surface area contributed by atoms with Crippen molar-refractivity contribution in [2.75, 3.05) is 11.9 Å². The standard InChI is InChI=1S/C17H18ClNO/c1-12-6-8-14(18)10-17(12)20-15-9-7-13-4-2-3-5-16(13)19-11-15/h2-6,8,10,15,19H,7,9,11H2,1H3. The summed E-state index contributed by atoms with van der Waals surface area (Å²) in [5.41, 5.74) is 3.71. The van der Waals surface area contributed by atoms with E-state index in [2.05, 4.69) is 29.6 Å². The molecule has 0 saturated heterocycles. The molecular formula is C17H18ClNO. The molecule has 1 unspecified atom stereocenters. The van der Waals surface area contributed by atoms with Crippen LogP contribution in [-0.2, 0) is 6.42 Å². The van der Waals surface area contributed by atoms with Gasteiger partial charge in [-0.2, -0.15) is 0 Å². The highest BCUT2D eigenvalue weighted by molar-refractivity contribution is 6.30. The smallest absolute Gasteiger partial charge is 0.124 e. The lowest BCUT2D eigenvalue weighted by atomic mass is 10.1. The molecule has 0 radical (unpaired) electrons. The van der Waals surface area contributed by atoms with E-state index < -0.39 is 0 Å². The molecule has 0 spiro atoms. The molecule has 1 aliphatic rings. The fourth-order valence-corrected chi connectivity index (χ4v) is 2.70. The van der Waals surface area contributed by atoms with Gasteiger partial charge in [0.15, 0.2) is 0 Å². The lowest BCUT2D eigenvalue weighted by Gasteiger charge is -2.19. The largest absolute Gasteiger partial charge is 0.488 e. The van der Waals surface area contributed by atoms with Gasteiger partial charge in [-0.15, -0.1) is 0 Å². The molecule has 104 valence electrons. The zero-order valence-corrected chi connectivity index (χ0v) is 12.3. The summed E-state index contributed by atoms with van der Waals surface area (Å²) >= 11 is 6.04. The average molecular weight is 288 g/mol. The molecule has 0 aliphatic carbocycles. The van der Waals surface area contributed by atoms with Gasteiger partial charge in [0.2, 0.25) is 0 Å². The monoisotopic (exact) mass is 287 g/mol. The van der Waals surface area contributed by atoms with Gasteiger partial charge in [-0.3, -0.25) is 0 Å². The Morgan fingerprint density at radius 1 is 1.20 bits per heavy atom. The van der Waals surface area contributed by atoms with Crippen molar-refractivity contribution in [3.8, 4) is 5.75 Å². The van der Waals surface area contributed by atoms with Gasteiger partial charge in [0.05, 0.1) is 6.54 Å². The molecule has 3 rings (SSSR count). The van der Waals surface area contributed by atoms with Gasteiger partial charge in [-0.05, 0) is 49.1 Å². The molecule has 2 aromatic carbocycles. The van der Waals surface area contributed by atoms with Gasteiger partial charge in [0, 0.05) is 10.7 Å². The summed E-state index contributed by atoms with van der Waals surface area (Å²) in [5.74, 6) is 0.884. The van der Waals surface area contributed by atoms with Crippen LogP contribution in [0.4, 0.5) is 5.69 Å². The maximum Gasteiger partial charge on any atom is 0.124 e. The van der Waals surface area contributed by atoms with Crippen LogP contribution in [-0.4, -0.2) is 12.6 Å². The van der Waals surface area contributed by atoms with Crippen molar-refractivity contribution in [1.29, 1.82) is 0 Å². The van der Waals surface area contributed by atoms with Gasteiger partial charge in [0.25, 0.3) is 0 Å². The maximum atomic E-state index is 6.13. The molecule has 0 aromatic heterocycles. The fraction of sp³-hybridized carbons (Fsp3) is 0.294. The lowest BCUT2D eigenvalue weighted by molar-refractivity contribution is 0.205. The van der Waals surface area contributed by atoms with Crippen LogP contribution < -0.4 is 10.1 Å². The Labute approximate surface area is 124 Å². The van der Waals surface area contributed by atoms with Crippen molar-refractivity contribution in [1.82, 2.24) is 0 Å². The Bertz CT molecular complexity index is 585. The molecule has 2 aromatic rings. The van der Waals surface area contributed by atoms with Crippen LogP contribution in [0.25, 0.3) is 0 Å². The van der Waals surface area contributed by atoms with Crippen molar-refractivity contribution in [3.63, 3.8) is 0 Å². The zero-order valence-electron chi connectivity index (χ0n) is 11.5. The SMILES string of the molecule is Cc1ccc(Cl)cc1OC1CCc2ccccc2NC1.